The average Bonchev–Trinajstić information content (AvgIpc) is 3.11. The van der Waals surface area contributed by atoms with E-state index < -0.39 is 0 Å². The minimum Gasteiger partial charge on any atom is -0.466 e. The SMILES string of the molecule is C#CCSc1sc(C(=O)c2ccc(Br)cc2)c(CC(=O)OCC)c1-[n+]1ccc(C)cc1. The molecule has 3 rings (SSSR count). The lowest BCUT2D eigenvalue weighted by molar-refractivity contribution is -0.598. The van der Waals surface area contributed by atoms with Crippen molar-refractivity contribution in [1.29, 1.82) is 0 Å². The minimum atomic E-state index is -0.368. The van der Waals surface area contributed by atoms with Gasteiger partial charge in [0.15, 0.2) is 12.4 Å². The lowest BCUT2D eigenvalue weighted by Gasteiger charge is -2.06. The van der Waals surface area contributed by atoms with Crippen molar-refractivity contribution in [1.82, 2.24) is 0 Å². The summed E-state index contributed by atoms with van der Waals surface area (Å²) in [7, 11) is 0. The molecule has 0 aliphatic carbocycles. The molecule has 0 bridgehead atoms. The summed E-state index contributed by atoms with van der Waals surface area (Å²) >= 11 is 6.26. The molecule has 7 heteroatoms. The maximum Gasteiger partial charge on any atom is 0.310 e. The standard InChI is InChI=1S/C24H21BrNO3S2/c1-4-14-30-24-21(26-12-10-16(3)11-13-26)19(15-20(27)29-5-2)23(31-24)22(28)17-6-8-18(25)9-7-17/h1,6-13H,5,14-15H2,2-3H3/q+1. The first-order valence-electron chi connectivity index (χ1n) is 9.60. The molecule has 0 spiro atoms. The molecule has 1 aromatic carbocycles. The van der Waals surface area contributed by atoms with Crippen molar-refractivity contribution in [2.75, 3.05) is 12.4 Å². The zero-order chi connectivity index (χ0) is 22.4. The molecule has 2 heterocycles. The van der Waals surface area contributed by atoms with Crippen molar-refractivity contribution in [3.63, 3.8) is 0 Å². The molecule has 0 fully saturated rings. The van der Waals surface area contributed by atoms with Gasteiger partial charge in [-0.15, -0.1) is 17.8 Å². The number of hydrogen-bond donors (Lipinski definition) is 0. The Kier molecular flexibility index (Phi) is 8.08. The predicted octanol–water partition coefficient (Wildman–Crippen LogP) is 5.16. The Morgan fingerprint density at radius 1 is 1.19 bits per heavy atom. The number of ketones is 1. The van der Waals surface area contributed by atoms with E-state index in [0.717, 1.165) is 19.9 Å². The van der Waals surface area contributed by atoms with Gasteiger partial charge in [0, 0.05) is 22.2 Å². The monoisotopic (exact) mass is 514 g/mol. The van der Waals surface area contributed by atoms with Gasteiger partial charge in [-0.05, 0) is 43.7 Å². The van der Waals surface area contributed by atoms with Crippen molar-refractivity contribution in [3.05, 3.63) is 74.8 Å². The highest BCUT2D eigenvalue weighted by Crippen LogP contribution is 2.38. The Morgan fingerprint density at radius 3 is 2.48 bits per heavy atom. The number of hydrogen-bond acceptors (Lipinski definition) is 5. The molecule has 0 amide bonds. The zero-order valence-electron chi connectivity index (χ0n) is 17.2. The molecule has 4 nitrogen and oxygen atoms in total. The van der Waals surface area contributed by atoms with E-state index in [0.29, 0.717) is 21.8 Å². The van der Waals surface area contributed by atoms with Crippen LogP contribution >= 0.6 is 39.0 Å². The Morgan fingerprint density at radius 2 is 1.87 bits per heavy atom. The van der Waals surface area contributed by atoms with Gasteiger partial charge in [-0.1, -0.05) is 33.6 Å². The van der Waals surface area contributed by atoms with E-state index in [1.165, 1.54) is 23.1 Å². The highest BCUT2D eigenvalue weighted by Gasteiger charge is 2.31. The first kappa shape index (κ1) is 23.3. The van der Waals surface area contributed by atoms with E-state index in [-0.39, 0.29) is 24.8 Å². The van der Waals surface area contributed by atoms with Crippen LogP contribution in [0.3, 0.4) is 0 Å². The molecule has 0 unspecified atom stereocenters. The van der Waals surface area contributed by atoms with Crippen LogP contribution < -0.4 is 4.57 Å². The van der Waals surface area contributed by atoms with Gasteiger partial charge < -0.3 is 4.74 Å². The zero-order valence-corrected chi connectivity index (χ0v) is 20.4. The number of terminal acetylenes is 1. The Labute approximate surface area is 198 Å². The summed E-state index contributed by atoms with van der Waals surface area (Å²) in [5.41, 5.74) is 3.13. The lowest BCUT2D eigenvalue weighted by atomic mass is 10.0. The fraction of sp³-hybridized carbons (Fsp3) is 0.208. The molecule has 0 N–H and O–H groups in total. The largest absolute Gasteiger partial charge is 0.466 e. The van der Waals surface area contributed by atoms with Crippen LogP contribution in [0.25, 0.3) is 5.69 Å². The summed E-state index contributed by atoms with van der Waals surface area (Å²) in [5, 5.41) is 0. The normalized spacial score (nSPS) is 10.5. The van der Waals surface area contributed by atoms with Crippen LogP contribution in [0.4, 0.5) is 0 Å². The molecular formula is C24H21BrNO3S2+. The Hall–Kier alpha value is -2.40. The number of halogens is 1. The van der Waals surface area contributed by atoms with Crippen molar-refractivity contribution in [2.24, 2.45) is 0 Å². The number of aryl methyl sites for hydroxylation is 1. The third-order valence-corrected chi connectivity index (χ3v) is 7.34. The molecule has 0 aliphatic rings. The number of benzene rings is 1. The average molecular weight is 515 g/mol. The van der Waals surface area contributed by atoms with Gasteiger partial charge in [-0.3, -0.25) is 9.59 Å². The van der Waals surface area contributed by atoms with Gasteiger partial charge in [-0.25, -0.2) is 0 Å². The van der Waals surface area contributed by atoms with E-state index in [1.54, 1.807) is 19.1 Å². The third kappa shape index (κ3) is 5.65. The Bertz CT molecular complexity index is 1130. The molecule has 158 valence electrons. The number of carbonyl (C=O) groups excluding carboxylic acids is 2. The first-order valence-corrected chi connectivity index (χ1v) is 12.2. The minimum absolute atomic E-state index is 0.00870. The molecule has 0 saturated carbocycles. The number of ether oxygens (including phenoxy) is 1. The number of pyridine rings is 1. The van der Waals surface area contributed by atoms with E-state index >= 15 is 0 Å². The molecular weight excluding hydrogens is 494 g/mol. The number of aromatic nitrogens is 1. The second kappa shape index (κ2) is 10.8. The van der Waals surface area contributed by atoms with Gasteiger partial charge in [0.1, 0.15) is 4.21 Å². The molecule has 0 saturated heterocycles. The number of thioether (sulfide) groups is 1. The van der Waals surface area contributed by atoms with Crippen LogP contribution in [-0.2, 0) is 16.0 Å². The van der Waals surface area contributed by atoms with Crippen molar-refractivity contribution in [2.45, 2.75) is 24.5 Å². The summed E-state index contributed by atoms with van der Waals surface area (Å²) in [6.45, 7) is 4.06. The summed E-state index contributed by atoms with van der Waals surface area (Å²) in [4.78, 5) is 26.4. The number of nitrogens with zero attached hydrogens (tertiary/aromatic N) is 1. The van der Waals surface area contributed by atoms with E-state index in [2.05, 4.69) is 21.9 Å². The molecule has 3 aromatic rings. The number of thiophene rings is 1. The fourth-order valence-corrected chi connectivity index (χ4v) is 5.51. The van der Waals surface area contributed by atoms with Crippen LogP contribution in [-0.4, -0.2) is 24.1 Å². The van der Waals surface area contributed by atoms with Crippen LogP contribution in [0.5, 0.6) is 0 Å². The fourth-order valence-electron chi connectivity index (χ4n) is 2.99. The van der Waals surface area contributed by atoms with Gasteiger partial charge in [0.05, 0.1) is 29.2 Å². The van der Waals surface area contributed by atoms with E-state index in [1.807, 2.05) is 48.1 Å². The van der Waals surface area contributed by atoms with Crippen LogP contribution in [0.1, 0.15) is 33.3 Å². The smallest absolute Gasteiger partial charge is 0.310 e. The summed E-state index contributed by atoms with van der Waals surface area (Å²) in [6, 6.07) is 11.2. The predicted molar refractivity (Wildman–Crippen MR) is 128 cm³/mol. The second-order valence-electron chi connectivity index (χ2n) is 6.64. The number of esters is 1. The van der Waals surface area contributed by atoms with Gasteiger partial charge in [0.2, 0.25) is 11.5 Å². The molecule has 2 aromatic heterocycles. The van der Waals surface area contributed by atoms with Crippen LogP contribution in [0.15, 0.2) is 57.5 Å². The molecule has 31 heavy (non-hydrogen) atoms. The second-order valence-corrected chi connectivity index (χ2v) is 9.82. The maximum atomic E-state index is 13.4. The third-order valence-electron chi connectivity index (χ3n) is 4.43. The quantitative estimate of drug-likeness (QED) is 0.137. The van der Waals surface area contributed by atoms with Gasteiger partial charge in [-0.2, -0.15) is 4.57 Å². The van der Waals surface area contributed by atoms with Crippen LogP contribution in [0, 0.1) is 19.3 Å². The van der Waals surface area contributed by atoms with E-state index in [9.17, 15) is 9.59 Å². The van der Waals surface area contributed by atoms with Crippen molar-refractivity contribution in [3.8, 4) is 18.0 Å². The van der Waals surface area contributed by atoms with Crippen molar-refractivity contribution < 1.29 is 18.9 Å². The van der Waals surface area contributed by atoms with E-state index in [4.69, 9.17) is 11.2 Å². The summed E-state index contributed by atoms with van der Waals surface area (Å²) < 4.78 is 8.93. The van der Waals surface area contributed by atoms with Gasteiger partial charge >= 0.3 is 5.97 Å². The molecule has 0 aliphatic heterocycles. The lowest BCUT2D eigenvalue weighted by Crippen LogP contribution is -2.31. The first-order chi connectivity index (χ1) is 14.9. The number of carbonyl (C=O) groups is 2. The van der Waals surface area contributed by atoms with Crippen molar-refractivity contribution >= 4 is 50.8 Å². The maximum absolute atomic E-state index is 13.4. The molecule has 0 radical (unpaired) electrons. The van der Waals surface area contributed by atoms with Crippen LogP contribution in [0.2, 0.25) is 0 Å². The summed E-state index contributed by atoms with van der Waals surface area (Å²) in [5.74, 6) is 2.61. The molecule has 0 atom stereocenters. The highest BCUT2D eigenvalue weighted by molar-refractivity contribution is 9.10. The number of rotatable bonds is 8. The van der Waals surface area contributed by atoms with Gasteiger partial charge in [0.25, 0.3) is 0 Å². The Balaban J connectivity index is 2.19. The highest BCUT2D eigenvalue weighted by atomic mass is 79.9. The topological polar surface area (TPSA) is 47.3 Å². The summed E-state index contributed by atoms with van der Waals surface area (Å²) in [6.07, 6.45) is 9.37.